The summed E-state index contributed by atoms with van der Waals surface area (Å²) in [6.45, 7) is 2.27. The quantitative estimate of drug-likeness (QED) is 0.299. The summed E-state index contributed by atoms with van der Waals surface area (Å²) in [6, 6.07) is 11.6. The molecule has 0 atom stereocenters. The summed E-state index contributed by atoms with van der Waals surface area (Å²) in [4.78, 5) is 0. The number of hydrogen-bond acceptors (Lipinski definition) is 1. The van der Waals surface area contributed by atoms with E-state index in [0.717, 1.165) is 30.1 Å². The molecule has 0 amide bonds. The van der Waals surface area contributed by atoms with Crippen LogP contribution >= 0.6 is 0 Å². The molecule has 2 saturated carbocycles. The van der Waals surface area contributed by atoms with Crippen LogP contribution in [0.2, 0.25) is 0 Å². The van der Waals surface area contributed by atoms with Crippen LogP contribution in [0.1, 0.15) is 101 Å². The Bertz CT molecular complexity index is 689. The maximum absolute atomic E-state index is 8.50. The van der Waals surface area contributed by atoms with Gasteiger partial charge < -0.3 is 0 Å². The van der Waals surface area contributed by atoms with E-state index in [4.69, 9.17) is 5.26 Å². The van der Waals surface area contributed by atoms with Crippen LogP contribution in [0.5, 0.6) is 0 Å². The Labute approximate surface area is 185 Å². The van der Waals surface area contributed by atoms with Gasteiger partial charge in [-0.15, -0.1) is 0 Å². The molecule has 0 heterocycles. The Kier molecular flexibility index (Phi) is 9.75. The van der Waals surface area contributed by atoms with Crippen molar-refractivity contribution in [2.24, 2.45) is 17.8 Å². The number of benzene rings is 1. The molecule has 2 fully saturated rings. The van der Waals surface area contributed by atoms with Crippen LogP contribution in [-0.2, 0) is 6.42 Å². The molecule has 1 aromatic carbocycles. The molecular weight excluding hydrogens is 362 g/mol. The first-order valence-corrected chi connectivity index (χ1v) is 12.6. The van der Waals surface area contributed by atoms with Crippen molar-refractivity contribution in [1.29, 1.82) is 5.26 Å². The number of unbranched alkanes of at least 4 members (excludes halogenated alkanes) is 1. The molecule has 2 aliphatic rings. The van der Waals surface area contributed by atoms with Crippen LogP contribution in [0.3, 0.4) is 0 Å². The Balaban J connectivity index is 1.35. The average molecular weight is 404 g/mol. The SMILES string of the molecule is CCCCc1ccc([C@H]2CC[C@H](C3CCC(CC/C=C/C=C/C#N)CC3)CC2)cc1. The van der Waals surface area contributed by atoms with Crippen molar-refractivity contribution in [1.82, 2.24) is 0 Å². The minimum atomic E-state index is 0.805. The van der Waals surface area contributed by atoms with Crippen LogP contribution in [0.15, 0.2) is 48.6 Å². The van der Waals surface area contributed by atoms with E-state index >= 15 is 0 Å². The molecule has 3 rings (SSSR count). The number of allylic oxidation sites excluding steroid dienone is 4. The highest BCUT2D eigenvalue weighted by Gasteiger charge is 2.31. The summed E-state index contributed by atoms with van der Waals surface area (Å²) in [5.74, 6) is 3.71. The maximum atomic E-state index is 8.50. The normalized spacial score (nSPS) is 27.5. The number of rotatable bonds is 9. The average Bonchev–Trinajstić information content (AvgIpc) is 2.81. The van der Waals surface area contributed by atoms with Crippen molar-refractivity contribution in [3.63, 3.8) is 0 Å². The first kappa shape index (κ1) is 22.9. The lowest BCUT2D eigenvalue weighted by atomic mass is 9.68. The van der Waals surface area contributed by atoms with Crippen LogP contribution in [0, 0.1) is 29.1 Å². The molecule has 0 radical (unpaired) electrons. The fraction of sp³-hybridized carbons (Fsp3) is 0.621. The van der Waals surface area contributed by atoms with E-state index in [0.29, 0.717) is 0 Å². The van der Waals surface area contributed by atoms with Crippen molar-refractivity contribution in [2.75, 3.05) is 0 Å². The standard InChI is InChI=1S/C29H41N/c1-2-3-9-24-11-15-26(16-12-24)28-19-21-29(22-20-28)27-17-13-25(14-18-27)10-7-5-4-6-8-23-30/h4-6,8,11-12,15-16,25,27-29H,2-3,7,9-10,13-14,17-22H2,1H3/b5-4+,8-6+/t25?,27?,28-,29-. The van der Waals surface area contributed by atoms with E-state index in [1.54, 1.807) is 11.6 Å². The molecule has 0 bridgehead atoms. The molecule has 0 aliphatic heterocycles. The van der Waals surface area contributed by atoms with Crippen molar-refractivity contribution >= 4 is 0 Å². The monoisotopic (exact) mass is 403 g/mol. The predicted molar refractivity (Wildman–Crippen MR) is 128 cm³/mol. The zero-order valence-corrected chi connectivity index (χ0v) is 19.1. The first-order valence-electron chi connectivity index (χ1n) is 12.6. The fourth-order valence-electron chi connectivity index (χ4n) is 5.81. The van der Waals surface area contributed by atoms with E-state index in [9.17, 15) is 0 Å². The lowest BCUT2D eigenvalue weighted by Crippen LogP contribution is -2.25. The molecule has 0 aromatic heterocycles. The second-order valence-corrected chi connectivity index (χ2v) is 9.73. The van der Waals surface area contributed by atoms with Gasteiger partial charge in [0.05, 0.1) is 6.07 Å². The zero-order valence-electron chi connectivity index (χ0n) is 19.1. The highest BCUT2D eigenvalue weighted by molar-refractivity contribution is 5.26. The summed E-state index contributed by atoms with van der Waals surface area (Å²) in [5, 5.41) is 8.50. The Morgan fingerprint density at radius 2 is 1.57 bits per heavy atom. The van der Waals surface area contributed by atoms with Gasteiger partial charge >= 0.3 is 0 Å². The molecule has 162 valence electrons. The lowest BCUT2D eigenvalue weighted by molar-refractivity contribution is 0.157. The Morgan fingerprint density at radius 3 is 2.20 bits per heavy atom. The third-order valence-corrected chi connectivity index (χ3v) is 7.76. The second kappa shape index (κ2) is 12.8. The maximum Gasteiger partial charge on any atom is 0.0912 e. The summed E-state index contributed by atoms with van der Waals surface area (Å²) >= 11 is 0. The third kappa shape index (κ3) is 7.16. The fourth-order valence-corrected chi connectivity index (χ4v) is 5.81. The van der Waals surface area contributed by atoms with Crippen LogP contribution in [-0.4, -0.2) is 0 Å². The van der Waals surface area contributed by atoms with Gasteiger partial charge in [-0.1, -0.05) is 68.7 Å². The van der Waals surface area contributed by atoms with E-state index in [1.165, 1.54) is 82.6 Å². The van der Waals surface area contributed by atoms with E-state index in [-0.39, 0.29) is 0 Å². The lowest BCUT2D eigenvalue weighted by Gasteiger charge is -2.38. The smallest absolute Gasteiger partial charge is 0.0912 e. The van der Waals surface area contributed by atoms with Gasteiger partial charge in [0.2, 0.25) is 0 Å². The van der Waals surface area contributed by atoms with Gasteiger partial charge in [0.25, 0.3) is 0 Å². The summed E-state index contributed by atoms with van der Waals surface area (Å²) in [6.07, 6.45) is 25.4. The van der Waals surface area contributed by atoms with Gasteiger partial charge in [-0.05, 0) is 99.0 Å². The van der Waals surface area contributed by atoms with Crippen LogP contribution in [0.4, 0.5) is 0 Å². The zero-order chi connectivity index (χ0) is 21.0. The van der Waals surface area contributed by atoms with Crippen molar-refractivity contribution in [3.05, 3.63) is 59.7 Å². The van der Waals surface area contributed by atoms with E-state index in [1.807, 2.05) is 18.2 Å². The second-order valence-electron chi connectivity index (χ2n) is 9.73. The number of aryl methyl sites for hydroxylation is 1. The molecule has 0 N–H and O–H groups in total. The summed E-state index contributed by atoms with van der Waals surface area (Å²) in [5.41, 5.74) is 3.11. The molecule has 2 aliphatic carbocycles. The Hall–Kier alpha value is -1.81. The minimum Gasteiger partial charge on any atom is -0.193 e. The minimum absolute atomic E-state index is 0.805. The molecule has 1 heteroatoms. The Morgan fingerprint density at radius 1 is 0.900 bits per heavy atom. The largest absolute Gasteiger partial charge is 0.193 e. The molecular formula is C29H41N. The van der Waals surface area contributed by atoms with Gasteiger partial charge in [-0.25, -0.2) is 0 Å². The molecule has 30 heavy (non-hydrogen) atoms. The van der Waals surface area contributed by atoms with Crippen LogP contribution < -0.4 is 0 Å². The number of nitrogens with zero attached hydrogens (tertiary/aromatic N) is 1. The summed E-state index contributed by atoms with van der Waals surface area (Å²) in [7, 11) is 0. The van der Waals surface area contributed by atoms with Gasteiger partial charge in [0.1, 0.15) is 0 Å². The van der Waals surface area contributed by atoms with Crippen molar-refractivity contribution in [2.45, 2.75) is 96.3 Å². The number of hydrogen-bond donors (Lipinski definition) is 0. The molecule has 0 spiro atoms. The van der Waals surface area contributed by atoms with Gasteiger partial charge in [-0.2, -0.15) is 5.26 Å². The number of nitriles is 1. The first-order chi connectivity index (χ1) is 14.8. The highest BCUT2D eigenvalue weighted by atomic mass is 14.4. The van der Waals surface area contributed by atoms with E-state index < -0.39 is 0 Å². The molecule has 0 unspecified atom stereocenters. The van der Waals surface area contributed by atoms with Crippen LogP contribution in [0.25, 0.3) is 0 Å². The predicted octanol–water partition coefficient (Wildman–Crippen LogP) is 8.53. The van der Waals surface area contributed by atoms with E-state index in [2.05, 4.69) is 37.3 Å². The van der Waals surface area contributed by atoms with Gasteiger partial charge in [-0.3, -0.25) is 0 Å². The third-order valence-electron chi connectivity index (χ3n) is 7.76. The highest BCUT2D eigenvalue weighted by Crippen LogP contribution is 2.44. The van der Waals surface area contributed by atoms with Gasteiger partial charge in [0.15, 0.2) is 0 Å². The molecule has 1 aromatic rings. The van der Waals surface area contributed by atoms with Crippen molar-refractivity contribution in [3.8, 4) is 6.07 Å². The van der Waals surface area contributed by atoms with Gasteiger partial charge in [0, 0.05) is 6.08 Å². The molecule has 1 nitrogen and oxygen atoms in total. The van der Waals surface area contributed by atoms with Crippen molar-refractivity contribution < 1.29 is 0 Å². The summed E-state index contributed by atoms with van der Waals surface area (Å²) < 4.78 is 0. The topological polar surface area (TPSA) is 23.8 Å². The molecule has 0 saturated heterocycles.